The van der Waals surface area contributed by atoms with Gasteiger partial charge in [-0.15, -0.1) is 10.2 Å². The van der Waals surface area contributed by atoms with Crippen LogP contribution in [0.1, 0.15) is 19.8 Å². The number of thiophene rings is 1. The Morgan fingerprint density at radius 2 is 2.20 bits per heavy atom. The SMILES string of the molecule is CCOC(=O)N1CCC(NC(=O)Cn2nnc(-c3ccsc3)n2)CC1. The second-order valence-electron chi connectivity index (χ2n) is 5.68. The number of piperidine rings is 1. The van der Waals surface area contributed by atoms with E-state index in [1.54, 1.807) is 23.2 Å². The Hall–Kier alpha value is -2.49. The molecule has 0 unspecified atom stereocenters. The quantitative estimate of drug-likeness (QED) is 0.853. The minimum absolute atomic E-state index is 0.0230. The Labute approximate surface area is 149 Å². The van der Waals surface area contributed by atoms with Crippen LogP contribution in [-0.4, -0.2) is 62.8 Å². The number of rotatable bonds is 5. The van der Waals surface area contributed by atoms with E-state index < -0.39 is 0 Å². The molecule has 1 aliphatic heterocycles. The molecule has 3 rings (SSSR count). The van der Waals surface area contributed by atoms with Crippen molar-refractivity contribution in [1.82, 2.24) is 30.4 Å². The van der Waals surface area contributed by atoms with Gasteiger partial charge in [-0.1, -0.05) is 0 Å². The summed E-state index contributed by atoms with van der Waals surface area (Å²) in [7, 11) is 0. The van der Waals surface area contributed by atoms with E-state index in [0.29, 0.717) is 38.4 Å². The topological polar surface area (TPSA) is 102 Å². The largest absolute Gasteiger partial charge is 0.450 e. The highest BCUT2D eigenvalue weighted by molar-refractivity contribution is 7.08. The molecule has 0 atom stereocenters. The lowest BCUT2D eigenvalue weighted by atomic mass is 10.1. The van der Waals surface area contributed by atoms with E-state index >= 15 is 0 Å². The molecular formula is C15H20N6O3S. The van der Waals surface area contributed by atoms with Crippen LogP contribution in [0.4, 0.5) is 4.79 Å². The van der Waals surface area contributed by atoms with Crippen molar-refractivity contribution in [2.45, 2.75) is 32.4 Å². The van der Waals surface area contributed by atoms with Crippen molar-refractivity contribution in [1.29, 1.82) is 0 Å². The normalized spacial score (nSPS) is 15.2. The molecule has 9 nitrogen and oxygen atoms in total. The van der Waals surface area contributed by atoms with Gasteiger partial charge in [0, 0.05) is 30.1 Å². The third-order valence-electron chi connectivity index (χ3n) is 3.90. The number of carbonyl (C=O) groups excluding carboxylic acids is 2. The first-order chi connectivity index (χ1) is 12.2. The number of tetrazole rings is 1. The van der Waals surface area contributed by atoms with Gasteiger partial charge in [-0.05, 0) is 36.4 Å². The fourth-order valence-electron chi connectivity index (χ4n) is 2.64. The van der Waals surface area contributed by atoms with Crippen molar-refractivity contribution >= 4 is 23.3 Å². The van der Waals surface area contributed by atoms with E-state index in [4.69, 9.17) is 4.74 Å². The number of ether oxygens (including phenoxy) is 1. The molecule has 0 saturated carbocycles. The molecule has 0 aromatic carbocycles. The number of amides is 2. The van der Waals surface area contributed by atoms with Gasteiger partial charge in [-0.25, -0.2) is 4.79 Å². The van der Waals surface area contributed by atoms with Gasteiger partial charge in [0.1, 0.15) is 6.54 Å². The summed E-state index contributed by atoms with van der Waals surface area (Å²) in [6.45, 7) is 3.33. The first kappa shape index (κ1) is 17.3. The van der Waals surface area contributed by atoms with Crippen LogP contribution in [0.15, 0.2) is 16.8 Å². The summed E-state index contributed by atoms with van der Waals surface area (Å²) >= 11 is 1.55. The van der Waals surface area contributed by atoms with Gasteiger partial charge in [-0.2, -0.15) is 16.1 Å². The van der Waals surface area contributed by atoms with E-state index in [2.05, 4.69) is 20.7 Å². The van der Waals surface area contributed by atoms with Crippen LogP contribution in [0.3, 0.4) is 0 Å². The lowest BCUT2D eigenvalue weighted by Gasteiger charge is -2.31. The van der Waals surface area contributed by atoms with E-state index in [1.807, 2.05) is 16.8 Å². The maximum atomic E-state index is 12.2. The Bertz CT molecular complexity index is 709. The number of hydrogen-bond acceptors (Lipinski definition) is 7. The Kier molecular flexibility index (Phi) is 5.59. The summed E-state index contributed by atoms with van der Waals surface area (Å²) in [4.78, 5) is 26.8. The van der Waals surface area contributed by atoms with Crippen LogP contribution in [-0.2, 0) is 16.1 Å². The molecule has 2 aromatic heterocycles. The lowest BCUT2D eigenvalue weighted by Crippen LogP contribution is -2.47. The summed E-state index contributed by atoms with van der Waals surface area (Å²) in [5.41, 5.74) is 0.892. The summed E-state index contributed by atoms with van der Waals surface area (Å²) in [6, 6.07) is 1.95. The molecule has 1 aliphatic rings. The summed E-state index contributed by atoms with van der Waals surface area (Å²) in [5, 5.41) is 18.9. The van der Waals surface area contributed by atoms with Crippen molar-refractivity contribution in [3.05, 3.63) is 16.8 Å². The minimum atomic E-state index is -0.292. The monoisotopic (exact) mass is 364 g/mol. The molecule has 1 fully saturated rings. The molecule has 25 heavy (non-hydrogen) atoms. The number of aromatic nitrogens is 4. The van der Waals surface area contributed by atoms with E-state index in [0.717, 1.165) is 5.56 Å². The van der Waals surface area contributed by atoms with Gasteiger partial charge in [0.25, 0.3) is 0 Å². The molecule has 3 heterocycles. The number of nitrogens with zero attached hydrogens (tertiary/aromatic N) is 5. The van der Waals surface area contributed by atoms with Crippen LogP contribution < -0.4 is 5.32 Å². The van der Waals surface area contributed by atoms with Gasteiger partial charge >= 0.3 is 6.09 Å². The van der Waals surface area contributed by atoms with E-state index in [-0.39, 0.29) is 24.6 Å². The van der Waals surface area contributed by atoms with Crippen LogP contribution in [0.5, 0.6) is 0 Å². The van der Waals surface area contributed by atoms with Crippen molar-refractivity contribution in [3.8, 4) is 11.4 Å². The van der Waals surface area contributed by atoms with Gasteiger partial charge in [-0.3, -0.25) is 4.79 Å². The lowest BCUT2D eigenvalue weighted by molar-refractivity contribution is -0.123. The zero-order valence-electron chi connectivity index (χ0n) is 13.9. The molecule has 134 valence electrons. The molecule has 0 radical (unpaired) electrons. The van der Waals surface area contributed by atoms with E-state index in [1.165, 1.54) is 4.80 Å². The maximum absolute atomic E-state index is 12.2. The van der Waals surface area contributed by atoms with Crippen LogP contribution >= 0.6 is 11.3 Å². The smallest absolute Gasteiger partial charge is 0.409 e. The molecule has 1 saturated heterocycles. The Morgan fingerprint density at radius 1 is 1.40 bits per heavy atom. The van der Waals surface area contributed by atoms with E-state index in [9.17, 15) is 9.59 Å². The Balaban J connectivity index is 1.45. The standard InChI is InChI=1S/C15H20N6O3S/c1-2-24-15(23)20-6-3-12(4-7-20)16-13(22)9-21-18-14(17-19-21)11-5-8-25-10-11/h5,8,10,12H,2-4,6-7,9H2,1H3,(H,16,22). The average molecular weight is 364 g/mol. The number of carbonyl (C=O) groups is 2. The van der Waals surface area contributed by atoms with Crippen LogP contribution in [0.2, 0.25) is 0 Å². The van der Waals surface area contributed by atoms with Crippen LogP contribution in [0, 0.1) is 0 Å². The van der Waals surface area contributed by atoms with Gasteiger partial charge in [0.2, 0.25) is 11.7 Å². The summed E-state index contributed by atoms with van der Waals surface area (Å²) in [6.07, 6.45) is 1.12. The predicted molar refractivity (Wildman–Crippen MR) is 90.9 cm³/mol. The zero-order chi connectivity index (χ0) is 17.6. The third kappa shape index (κ3) is 4.53. The summed E-state index contributed by atoms with van der Waals surface area (Å²) < 4.78 is 4.98. The molecule has 2 amide bonds. The second-order valence-corrected chi connectivity index (χ2v) is 6.46. The summed E-state index contributed by atoms with van der Waals surface area (Å²) in [5.74, 6) is 0.348. The van der Waals surface area contributed by atoms with Gasteiger partial charge < -0.3 is 15.0 Å². The minimum Gasteiger partial charge on any atom is -0.450 e. The van der Waals surface area contributed by atoms with Crippen molar-refractivity contribution in [2.75, 3.05) is 19.7 Å². The molecule has 1 N–H and O–H groups in total. The molecular weight excluding hydrogens is 344 g/mol. The highest BCUT2D eigenvalue weighted by Crippen LogP contribution is 2.16. The number of likely N-dealkylation sites (tertiary alicyclic amines) is 1. The fourth-order valence-corrected chi connectivity index (χ4v) is 3.27. The first-order valence-corrected chi connectivity index (χ1v) is 9.11. The van der Waals surface area contributed by atoms with Crippen molar-refractivity contribution < 1.29 is 14.3 Å². The Morgan fingerprint density at radius 3 is 2.88 bits per heavy atom. The second kappa shape index (κ2) is 8.06. The zero-order valence-corrected chi connectivity index (χ0v) is 14.7. The number of nitrogens with one attached hydrogen (secondary N) is 1. The maximum Gasteiger partial charge on any atom is 0.409 e. The van der Waals surface area contributed by atoms with Gasteiger partial charge in [0.15, 0.2) is 0 Å². The van der Waals surface area contributed by atoms with Gasteiger partial charge in [0.05, 0.1) is 6.61 Å². The van der Waals surface area contributed by atoms with Crippen molar-refractivity contribution in [3.63, 3.8) is 0 Å². The third-order valence-corrected chi connectivity index (χ3v) is 4.59. The van der Waals surface area contributed by atoms with Crippen LogP contribution in [0.25, 0.3) is 11.4 Å². The molecule has 0 spiro atoms. The molecule has 10 heteroatoms. The fraction of sp³-hybridized carbons (Fsp3) is 0.533. The molecule has 2 aromatic rings. The average Bonchev–Trinajstić information content (AvgIpc) is 3.27. The highest BCUT2D eigenvalue weighted by Gasteiger charge is 2.24. The molecule has 0 bridgehead atoms. The molecule has 0 aliphatic carbocycles. The first-order valence-electron chi connectivity index (χ1n) is 8.17. The predicted octanol–water partition coefficient (Wildman–Crippen LogP) is 1.14. The van der Waals surface area contributed by atoms with Crippen molar-refractivity contribution in [2.24, 2.45) is 0 Å². The highest BCUT2D eigenvalue weighted by atomic mass is 32.1. The number of hydrogen-bond donors (Lipinski definition) is 1.